The Hall–Kier alpha value is -4.23. The van der Waals surface area contributed by atoms with Gasteiger partial charge in [-0.25, -0.2) is 19.0 Å². The average molecular weight is 430 g/mol. The molecule has 0 bridgehead atoms. The molecule has 0 aliphatic carbocycles. The summed E-state index contributed by atoms with van der Waals surface area (Å²) >= 11 is 0. The van der Waals surface area contributed by atoms with E-state index in [-0.39, 0.29) is 23.0 Å². The monoisotopic (exact) mass is 430 g/mol. The first kappa shape index (κ1) is 21.0. The molecule has 0 fully saturated rings. The van der Waals surface area contributed by atoms with Crippen LogP contribution < -0.4 is 5.73 Å². The van der Waals surface area contributed by atoms with Crippen LogP contribution in [-0.4, -0.2) is 37.1 Å². The van der Waals surface area contributed by atoms with E-state index in [9.17, 15) is 5.26 Å². The number of ether oxygens (including phenoxy) is 1. The van der Waals surface area contributed by atoms with E-state index in [0.29, 0.717) is 29.8 Å². The quantitative estimate of drug-likeness (QED) is 0.494. The Bertz CT molecular complexity index is 1330. The maximum atomic E-state index is 15.4. The van der Waals surface area contributed by atoms with Crippen molar-refractivity contribution in [2.24, 2.45) is 0 Å². The number of pyridine rings is 1. The Labute approximate surface area is 183 Å². The van der Waals surface area contributed by atoms with E-state index < -0.39 is 5.82 Å². The predicted octanol–water partition coefficient (Wildman–Crippen LogP) is 2.89. The first-order chi connectivity index (χ1) is 15.5. The van der Waals surface area contributed by atoms with Gasteiger partial charge in [0.15, 0.2) is 5.82 Å². The van der Waals surface area contributed by atoms with Crippen molar-refractivity contribution in [3.63, 3.8) is 0 Å². The molecule has 2 N–H and O–H groups in total. The Kier molecular flexibility index (Phi) is 5.83. The van der Waals surface area contributed by atoms with Crippen molar-refractivity contribution in [1.29, 1.82) is 5.26 Å². The number of methoxy groups -OCH3 is 1. The first-order valence-corrected chi connectivity index (χ1v) is 9.67. The minimum Gasteiger partial charge on any atom is -0.378 e. The van der Waals surface area contributed by atoms with Gasteiger partial charge in [0, 0.05) is 12.7 Å². The van der Waals surface area contributed by atoms with Gasteiger partial charge in [0.2, 0.25) is 5.95 Å². The fraction of sp³-hybridized carbons (Fsp3) is 0.182. The minimum absolute atomic E-state index is 0.00517. The van der Waals surface area contributed by atoms with Crippen LogP contribution in [0.2, 0.25) is 0 Å². The van der Waals surface area contributed by atoms with E-state index in [1.807, 2.05) is 18.2 Å². The Morgan fingerprint density at radius 2 is 1.84 bits per heavy atom. The van der Waals surface area contributed by atoms with E-state index in [1.54, 1.807) is 38.4 Å². The second-order valence-electron chi connectivity index (χ2n) is 7.04. The van der Waals surface area contributed by atoms with Gasteiger partial charge in [-0.2, -0.15) is 5.26 Å². The maximum Gasteiger partial charge on any atom is 0.221 e. The van der Waals surface area contributed by atoms with Crippen LogP contribution in [0.3, 0.4) is 0 Å². The molecule has 3 heterocycles. The normalized spacial score (nSPS) is 10.8. The van der Waals surface area contributed by atoms with Gasteiger partial charge in [0.25, 0.3) is 0 Å². The zero-order chi connectivity index (χ0) is 22.7. The highest BCUT2D eigenvalue weighted by Crippen LogP contribution is 2.31. The van der Waals surface area contributed by atoms with Crippen LogP contribution in [0.5, 0.6) is 0 Å². The fourth-order valence-electron chi connectivity index (χ4n) is 3.32. The molecule has 0 aliphatic heterocycles. The highest BCUT2D eigenvalue weighted by molar-refractivity contribution is 5.72. The molecule has 0 saturated heterocycles. The molecule has 1 aromatic carbocycles. The zero-order valence-electron chi connectivity index (χ0n) is 17.4. The summed E-state index contributed by atoms with van der Waals surface area (Å²) < 4.78 is 22.1. The zero-order valence-corrected chi connectivity index (χ0v) is 17.4. The van der Waals surface area contributed by atoms with Gasteiger partial charge >= 0.3 is 0 Å². The first-order valence-electron chi connectivity index (χ1n) is 9.67. The van der Waals surface area contributed by atoms with Gasteiger partial charge in [-0.05, 0) is 30.7 Å². The van der Waals surface area contributed by atoms with Crippen LogP contribution in [0.15, 0.2) is 42.6 Å². The van der Waals surface area contributed by atoms with Crippen LogP contribution >= 0.6 is 0 Å². The molecule has 0 amide bonds. The third-order valence-corrected chi connectivity index (χ3v) is 4.84. The van der Waals surface area contributed by atoms with E-state index in [2.05, 4.69) is 31.3 Å². The smallest absolute Gasteiger partial charge is 0.221 e. The third-order valence-electron chi connectivity index (χ3n) is 4.84. The summed E-state index contributed by atoms with van der Waals surface area (Å²) in [5.74, 6) is -0.800. The van der Waals surface area contributed by atoms with Crippen LogP contribution in [0, 0.1) is 24.1 Å². The predicted molar refractivity (Wildman–Crippen MR) is 114 cm³/mol. The van der Waals surface area contributed by atoms with Gasteiger partial charge in [-0.1, -0.05) is 23.4 Å². The summed E-state index contributed by atoms with van der Waals surface area (Å²) in [4.78, 5) is 12.6. The van der Waals surface area contributed by atoms with E-state index in [1.165, 1.54) is 4.68 Å². The number of rotatable bonds is 6. The lowest BCUT2D eigenvalue weighted by atomic mass is 9.99. The molecule has 0 atom stereocenters. The number of hydrogen-bond acceptors (Lipinski definition) is 8. The summed E-state index contributed by atoms with van der Waals surface area (Å²) in [5.41, 5.74) is 9.05. The molecule has 4 rings (SSSR count). The molecule has 32 heavy (non-hydrogen) atoms. The molecule has 0 spiro atoms. The molecular weight excluding hydrogens is 411 g/mol. The molecule has 4 aromatic rings. The van der Waals surface area contributed by atoms with Crippen molar-refractivity contribution in [1.82, 2.24) is 29.9 Å². The Morgan fingerprint density at radius 3 is 2.62 bits per heavy atom. The summed E-state index contributed by atoms with van der Waals surface area (Å²) in [6.07, 6.45) is 1.57. The number of anilines is 1. The molecule has 3 aromatic heterocycles. The number of nitrogen functional groups attached to an aromatic ring is 1. The molecule has 0 aliphatic rings. The number of hydrogen-bond donors (Lipinski definition) is 1. The summed E-state index contributed by atoms with van der Waals surface area (Å²) in [5, 5.41) is 17.4. The van der Waals surface area contributed by atoms with Crippen LogP contribution in [0.4, 0.5) is 10.3 Å². The second kappa shape index (κ2) is 8.87. The minimum atomic E-state index is -0.690. The van der Waals surface area contributed by atoms with Crippen molar-refractivity contribution < 1.29 is 9.13 Å². The lowest BCUT2D eigenvalue weighted by molar-refractivity contribution is 0.181. The fourth-order valence-corrected chi connectivity index (χ4v) is 3.32. The maximum absolute atomic E-state index is 15.4. The van der Waals surface area contributed by atoms with E-state index in [4.69, 9.17) is 10.5 Å². The SMILES string of the molecule is COCc1cccc(Cn2cc(-c3nc(N)nc(-c4cccc(C#N)c4C)c3F)nn2)n1. The van der Waals surface area contributed by atoms with Crippen molar-refractivity contribution in [2.45, 2.75) is 20.1 Å². The molecule has 0 saturated carbocycles. The third kappa shape index (κ3) is 4.14. The largest absolute Gasteiger partial charge is 0.378 e. The number of benzene rings is 1. The average Bonchev–Trinajstić information content (AvgIpc) is 3.24. The summed E-state index contributed by atoms with van der Waals surface area (Å²) in [6, 6.07) is 12.7. The molecule has 9 nitrogen and oxygen atoms in total. The number of nitrogens with two attached hydrogens (primary N) is 1. The standard InChI is InChI=1S/C22H19FN8O/c1-13-14(9-24)5-3-8-17(13)20-19(23)21(28-22(25)27-20)18-11-31(30-29-18)10-15-6-4-7-16(26-15)12-32-2/h3-8,11H,10,12H2,1-2H3,(H2,25,27,28). The number of nitrogens with zero attached hydrogens (tertiary/aromatic N) is 7. The number of nitriles is 1. The molecular formula is C22H19FN8O. The van der Waals surface area contributed by atoms with Crippen molar-refractivity contribution in [2.75, 3.05) is 12.8 Å². The molecule has 10 heteroatoms. The lowest BCUT2D eigenvalue weighted by Crippen LogP contribution is -2.05. The van der Waals surface area contributed by atoms with E-state index in [0.717, 1.165) is 11.4 Å². The van der Waals surface area contributed by atoms with Crippen LogP contribution in [0.1, 0.15) is 22.5 Å². The van der Waals surface area contributed by atoms with Gasteiger partial charge in [0.05, 0.1) is 42.4 Å². The molecule has 160 valence electrons. The van der Waals surface area contributed by atoms with Crippen molar-refractivity contribution >= 4 is 5.95 Å². The summed E-state index contributed by atoms with van der Waals surface area (Å²) in [7, 11) is 1.60. The van der Waals surface area contributed by atoms with Crippen molar-refractivity contribution in [3.05, 3.63) is 70.9 Å². The number of halogens is 1. The lowest BCUT2D eigenvalue weighted by Gasteiger charge is -2.10. The summed E-state index contributed by atoms with van der Waals surface area (Å²) in [6.45, 7) is 2.46. The highest BCUT2D eigenvalue weighted by atomic mass is 19.1. The topological polar surface area (TPSA) is 128 Å². The number of aromatic nitrogens is 6. The van der Waals surface area contributed by atoms with Crippen LogP contribution in [0.25, 0.3) is 22.6 Å². The van der Waals surface area contributed by atoms with Gasteiger partial charge in [-0.15, -0.1) is 5.10 Å². The Balaban J connectivity index is 1.70. The highest BCUT2D eigenvalue weighted by Gasteiger charge is 2.21. The Morgan fingerprint density at radius 1 is 1.09 bits per heavy atom. The van der Waals surface area contributed by atoms with Gasteiger partial charge < -0.3 is 10.5 Å². The molecule has 0 radical (unpaired) electrons. The van der Waals surface area contributed by atoms with Gasteiger partial charge in [0.1, 0.15) is 17.1 Å². The van der Waals surface area contributed by atoms with Crippen molar-refractivity contribution in [3.8, 4) is 28.7 Å². The molecule has 0 unspecified atom stereocenters. The second-order valence-corrected chi connectivity index (χ2v) is 7.04. The van der Waals surface area contributed by atoms with Crippen LogP contribution in [-0.2, 0) is 17.9 Å². The van der Waals surface area contributed by atoms with E-state index >= 15 is 4.39 Å². The van der Waals surface area contributed by atoms with Gasteiger partial charge in [-0.3, -0.25) is 4.98 Å².